The number of rotatable bonds is 1. The van der Waals surface area contributed by atoms with Crippen molar-refractivity contribution in [1.82, 2.24) is 0 Å². The van der Waals surface area contributed by atoms with Gasteiger partial charge in [-0.05, 0) is 24.6 Å². The second kappa shape index (κ2) is 7.47. The first-order valence-electron chi connectivity index (χ1n) is 7.16. The fourth-order valence-electron chi connectivity index (χ4n) is 2.69. The molecule has 6 heteroatoms. The number of oxazole rings is 1. The first kappa shape index (κ1) is 19.3. The van der Waals surface area contributed by atoms with Crippen molar-refractivity contribution in [3.63, 3.8) is 0 Å². The molecule has 0 N–H and O–H groups in total. The van der Waals surface area contributed by atoms with Crippen LogP contribution in [0.1, 0.15) is 11.5 Å². The number of hydrogen-bond donors (Lipinski definition) is 0. The van der Waals surface area contributed by atoms with Gasteiger partial charge >= 0.3 is 5.89 Å². The fourth-order valence-corrected chi connectivity index (χ4v) is 3.75. The molecule has 0 spiro atoms. The molecule has 24 heavy (non-hydrogen) atoms. The minimum Gasteiger partial charge on any atom is -0.426 e. The van der Waals surface area contributed by atoms with E-state index in [1.165, 1.54) is 21.2 Å². The molecule has 1 aliphatic heterocycles. The van der Waals surface area contributed by atoms with Gasteiger partial charge in [0, 0.05) is 49.1 Å². The maximum absolute atomic E-state index is 5.96. The standard InChI is InChI=1S/C18H16N2OS.2V/c1-12-8-9-16-14(10-12)20(3)18(22-16)11-17-19(2)13-6-4-5-7-15(13)21-17;;/h5-11H,1-3H3;;. The van der Waals surface area contributed by atoms with E-state index in [1.807, 2.05) is 25.2 Å². The Hall–Kier alpha value is -1.03. The molecule has 0 amide bonds. The Bertz CT molecular complexity index is 921. The summed E-state index contributed by atoms with van der Waals surface area (Å²) in [7, 11) is 4.11. The van der Waals surface area contributed by atoms with E-state index in [4.69, 9.17) is 4.42 Å². The van der Waals surface area contributed by atoms with Crippen molar-refractivity contribution in [1.29, 1.82) is 0 Å². The Morgan fingerprint density at radius 3 is 2.79 bits per heavy atom. The summed E-state index contributed by atoms with van der Waals surface area (Å²) in [5.74, 6) is 0.841. The molecule has 0 bridgehead atoms. The summed E-state index contributed by atoms with van der Waals surface area (Å²) in [6.45, 7) is 2.12. The van der Waals surface area contributed by atoms with Crippen LogP contribution in [0.2, 0.25) is 0 Å². The molecule has 4 rings (SSSR count). The number of nitrogens with zero attached hydrogens (tertiary/aromatic N) is 2. The molecule has 1 aliphatic rings. The molecule has 2 radical (unpaired) electrons. The minimum atomic E-state index is 0. The molecule has 0 atom stereocenters. The summed E-state index contributed by atoms with van der Waals surface area (Å²) < 4.78 is 8.02. The van der Waals surface area contributed by atoms with Gasteiger partial charge in [0.1, 0.15) is 12.6 Å². The number of aryl methyl sites for hydroxylation is 2. The summed E-state index contributed by atoms with van der Waals surface area (Å²) in [5, 5.41) is 1.17. The van der Waals surface area contributed by atoms with Crippen LogP contribution < -0.4 is 9.47 Å². The van der Waals surface area contributed by atoms with Gasteiger partial charge in [0.2, 0.25) is 0 Å². The predicted molar refractivity (Wildman–Crippen MR) is 89.6 cm³/mol. The van der Waals surface area contributed by atoms with Gasteiger partial charge in [-0.2, -0.15) is 12.1 Å². The van der Waals surface area contributed by atoms with Crippen molar-refractivity contribution >= 4 is 34.6 Å². The number of anilines is 1. The van der Waals surface area contributed by atoms with Crippen molar-refractivity contribution in [3.8, 4) is 0 Å². The van der Waals surface area contributed by atoms with Crippen LogP contribution in [0.5, 0.6) is 0 Å². The van der Waals surface area contributed by atoms with Crippen molar-refractivity contribution in [2.24, 2.45) is 7.05 Å². The molecular formula is C18H16N2OSV2. The average molecular weight is 410 g/mol. The maximum Gasteiger partial charge on any atom is 0.362 e. The van der Waals surface area contributed by atoms with E-state index in [0.29, 0.717) is 0 Å². The van der Waals surface area contributed by atoms with E-state index in [0.717, 1.165) is 17.0 Å². The van der Waals surface area contributed by atoms with Crippen LogP contribution in [-0.4, -0.2) is 7.05 Å². The molecule has 2 aromatic carbocycles. The Kier molecular flexibility index (Phi) is 6.00. The Balaban J connectivity index is 0.00000104. The first-order chi connectivity index (χ1) is 10.6. The van der Waals surface area contributed by atoms with E-state index in [1.54, 1.807) is 11.8 Å². The van der Waals surface area contributed by atoms with E-state index in [2.05, 4.69) is 53.8 Å². The third-order valence-electron chi connectivity index (χ3n) is 3.98. The average Bonchev–Trinajstić information content (AvgIpc) is 2.99. The first-order valence-corrected chi connectivity index (χ1v) is 7.98. The van der Waals surface area contributed by atoms with Gasteiger partial charge in [-0.1, -0.05) is 17.8 Å². The Morgan fingerprint density at radius 1 is 1.25 bits per heavy atom. The minimum absolute atomic E-state index is 0. The van der Waals surface area contributed by atoms with Gasteiger partial charge < -0.3 is 9.32 Å². The van der Waals surface area contributed by atoms with Crippen LogP contribution >= 0.6 is 11.8 Å². The van der Waals surface area contributed by atoms with Gasteiger partial charge in [0.05, 0.1) is 22.4 Å². The van der Waals surface area contributed by atoms with Gasteiger partial charge in [0.15, 0.2) is 0 Å². The zero-order chi connectivity index (χ0) is 15.3. The Morgan fingerprint density at radius 2 is 2.04 bits per heavy atom. The molecular weight excluding hydrogens is 394 g/mol. The van der Waals surface area contributed by atoms with Crippen LogP contribution in [-0.2, 0) is 44.2 Å². The quantitative estimate of drug-likeness (QED) is 0.449. The molecule has 1 aromatic heterocycles. The van der Waals surface area contributed by atoms with E-state index >= 15 is 0 Å². The van der Waals surface area contributed by atoms with Gasteiger partial charge in [0.25, 0.3) is 0 Å². The van der Waals surface area contributed by atoms with E-state index < -0.39 is 0 Å². The summed E-state index contributed by atoms with van der Waals surface area (Å²) >= 11 is 1.77. The second-order valence-electron chi connectivity index (χ2n) is 5.51. The van der Waals surface area contributed by atoms with Crippen LogP contribution in [0.3, 0.4) is 0 Å². The van der Waals surface area contributed by atoms with Crippen molar-refractivity contribution < 1.29 is 46.1 Å². The van der Waals surface area contributed by atoms with Crippen molar-refractivity contribution in [2.45, 2.75) is 11.8 Å². The summed E-state index contributed by atoms with van der Waals surface area (Å²) in [5.41, 5.74) is 4.46. The van der Waals surface area contributed by atoms with E-state index in [9.17, 15) is 0 Å². The molecule has 3 nitrogen and oxygen atoms in total. The predicted octanol–water partition coefficient (Wildman–Crippen LogP) is 3.90. The van der Waals surface area contributed by atoms with Crippen molar-refractivity contribution in [3.05, 3.63) is 58.9 Å². The number of fused-ring (bicyclic) bond motifs is 2. The molecule has 0 unspecified atom stereocenters. The SMILES string of the molecule is Cc1ccc2c(c1)N(C)C(=Cc1oc3cc[c-]cc3[n+]1C)S2.[V].[V]. The molecule has 3 aromatic rings. The fraction of sp³-hybridized carbons (Fsp3) is 0.167. The van der Waals surface area contributed by atoms with E-state index in [-0.39, 0.29) is 37.1 Å². The normalized spacial score (nSPS) is 14.5. The summed E-state index contributed by atoms with van der Waals surface area (Å²) in [6, 6.07) is 15.4. The second-order valence-corrected chi connectivity index (χ2v) is 6.57. The third kappa shape index (κ3) is 3.22. The van der Waals surface area contributed by atoms with Gasteiger partial charge in [-0.15, -0.1) is 12.1 Å². The van der Waals surface area contributed by atoms with Crippen LogP contribution in [0.15, 0.2) is 50.7 Å². The number of benzene rings is 2. The molecule has 0 saturated heterocycles. The Labute approximate surface area is 169 Å². The smallest absolute Gasteiger partial charge is 0.362 e. The molecule has 120 valence electrons. The molecule has 0 aliphatic carbocycles. The summed E-state index contributed by atoms with van der Waals surface area (Å²) in [6.07, 6.45) is 2.10. The van der Waals surface area contributed by atoms with Crippen molar-refractivity contribution in [2.75, 3.05) is 11.9 Å². The van der Waals surface area contributed by atoms with Crippen LogP contribution in [0.4, 0.5) is 5.69 Å². The number of aromatic nitrogens is 1. The monoisotopic (exact) mass is 410 g/mol. The topological polar surface area (TPSA) is 20.3 Å². The molecule has 2 heterocycles. The number of thioether (sulfide) groups is 1. The third-order valence-corrected chi connectivity index (χ3v) is 5.14. The largest absolute Gasteiger partial charge is 0.426 e. The maximum atomic E-state index is 5.96. The summed E-state index contributed by atoms with van der Waals surface area (Å²) in [4.78, 5) is 3.50. The van der Waals surface area contributed by atoms with Crippen LogP contribution in [0, 0.1) is 13.0 Å². The van der Waals surface area contributed by atoms with Gasteiger partial charge in [-0.3, -0.25) is 0 Å². The zero-order valence-electron chi connectivity index (χ0n) is 13.6. The van der Waals surface area contributed by atoms with Crippen LogP contribution in [0.25, 0.3) is 17.2 Å². The van der Waals surface area contributed by atoms with Gasteiger partial charge in [-0.25, -0.2) is 4.57 Å². The zero-order valence-corrected chi connectivity index (χ0v) is 17.3. The number of hydrogen-bond acceptors (Lipinski definition) is 3. The molecule has 0 saturated carbocycles. The molecule has 0 fully saturated rings.